The van der Waals surface area contributed by atoms with E-state index < -0.39 is 24.2 Å². The summed E-state index contributed by atoms with van der Waals surface area (Å²) in [5.41, 5.74) is 11.5. The highest BCUT2D eigenvalue weighted by molar-refractivity contribution is 5.97. The summed E-state index contributed by atoms with van der Waals surface area (Å²) in [6.07, 6.45) is 0.443. The lowest BCUT2D eigenvalue weighted by atomic mass is 9.45. The number of rotatable bonds is 14. The van der Waals surface area contributed by atoms with Gasteiger partial charge in [-0.15, -0.1) is 0 Å². The summed E-state index contributed by atoms with van der Waals surface area (Å²) >= 11 is 0. The van der Waals surface area contributed by atoms with E-state index in [1.165, 1.54) is 6.42 Å². The first-order chi connectivity index (χ1) is 26.5. The van der Waals surface area contributed by atoms with Crippen LogP contribution in [0.5, 0.6) is 5.75 Å². The Balaban J connectivity index is 1.30. The topological polar surface area (TPSA) is 153 Å². The van der Waals surface area contributed by atoms with Crippen LogP contribution in [0.1, 0.15) is 68.1 Å². The monoisotopic (exact) mass is 770 g/mol. The van der Waals surface area contributed by atoms with Crippen LogP contribution in [-0.2, 0) is 16.2 Å². The molecule has 0 aromatic heterocycles. The van der Waals surface area contributed by atoms with Crippen molar-refractivity contribution in [3.63, 3.8) is 0 Å². The van der Waals surface area contributed by atoms with Gasteiger partial charge in [0.25, 0.3) is 5.91 Å². The number of nitrogens with one attached hydrogen (secondary N) is 2. The van der Waals surface area contributed by atoms with Crippen molar-refractivity contribution in [1.82, 2.24) is 20.6 Å². The third-order valence-electron chi connectivity index (χ3n) is 12.9. The van der Waals surface area contributed by atoms with E-state index in [0.29, 0.717) is 41.3 Å². The number of anilines is 2. The summed E-state index contributed by atoms with van der Waals surface area (Å²) in [4.78, 5) is 38.6. The minimum absolute atomic E-state index is 0.0289. The van der Waals surface area contributed by atoms with Gasteiger partial charge in [0.2, 0.25) is 5.91 Å². The molecule has 0 spiro atoms. The second-order valence-electron chi connectivity index (χ2n) is 17.4. The van der Waals surface area contributed by atoms with Gasteiger partial charge in [-0.05, 0) is 98.5 Å². The van der Waals surface area contributed by atoms with E-state index in [-0.39, 0.29) is 42.5 Å². The van der Waals surface area contributed by atoms with Crippen LogP contribution < -0.4 is 26.0 Å². The molecule has 1 unspecified atom stereocenters. The lowest BCUT2D eigenvalue weighted by molar-refractivity contribution is -0.183. The fraction of sp³-hybridized carbons (Fsp3) is 0.545. The van der Waals surface area contributed by atoms with Gasteiger partial charge in [-0.1, -0.05) is 51.1 Å². The quantitative estimate of drug-likeness (QED) is 0.146. The second-order valence-corrected chi connectivity index (χ2v) is 17.4. The number of fused-ring (bicyclic) bond motifs is 2. The molecule has 3 aromatic rings. The number of methoxy groups -OCH3 is 1. The summed E-state index contributed by atoms with van der Waals surface area (Å²) in [5.74, 6) is 0.908. The minimum Gasteiger partial charge on any atom is -0.496 e. The maximum Gasteiger partial charge on any atom is 0.251 e. The number of likely N-dealkylation sites (N-methyl/N-ethyl adjacent to an activating group) is 1. The molecular formula is C44H62N6O6. The van der Waals surface area contributed by atoms with Crippen molar-refractivity contribution in [3.8, 4) is 16.9 Å². The van der Waals surface area contributed by atoms with Crippen molar-refractivity contribution in [3.05, 3.63) is 77.4 Å². The molecule has 6 N–H and O–H groups in total. The molecule has 2 bridgehead atoms. The minimum atomic E-state index is -0.910. The van der Waals surface area contributed by atoms with Crippen molar-refractivity contribution in [2.45, 2.75) is 77.4 Å². The number of hydrogen-bond donors (Lipinski definition) is 5. The van der Waals surface area contributed by atoms with Crippen molar-refractivity contribution in [2.24, 2.45) is 29.1 Å². The average Bonchev–Trinajstić information content (AvgIpc) is 3.53. The van der Waals surface area contributed by atoms with E-state index in [1.807, 2.05) is 98.7 Å². The smallest absolute Gasteiger partial charge is 0.251 e. The number of aliphatic hydroxyl groups is 2. The Labute approximate surface area is 332 Å². The van der Waals surface area contributed by atoms with E-state index in [2.05, 4.69) is 31.4 Å². The average molecular weight is 771 g/mol. The molecule has 12 heteroatoms. The number of amides is 2. The van der Waals surface area contributed by atoms with Gasteiger partial charge in [0.15, 0.2) is 0 Å². The summed E-state index contributed by atoms with van der Waals surface area (Å²) < 4.78 is 6.10. The number of nitrogens with two attached hydrogens (primary N) is 1. The molecule has 4 fully saturated rings. The second kappa shape index (κ2) is 16.7. The van der Waals surface area contributed by atoms with Gasteiger partial charge < -0.3 is 41.1 Å². The summed E-state index contributed by atoms with van der Waals surface area (Å²) in [6.45, 7) is 8.93. The first-order valence-corrected chi connectivity index (χ1v) is 19.9. The lowest BCUT2D eigenvalue weighted by Crippen LogP contribution is -2.62. The van der Waals surface area contributed by atoms with Crippen molar-refractivity contribution in [2.75, 3.05) is 59.1 Å². The number of nitrogens with zero attached hydrogens (tertiary/aromatic N) is 3. The van der Waals surface area contributed by atoms with E-state index >= 15 is 0 Å². The number of para-hydroxylation sites is 1. The van der Waals surface area contributed by atoms with Gasteiger partial charge in [0.05, 0.1) is 32.4 Å². The number of ether oxygens (including phenoxy) is 1. The van der Waals surface area contributed by atoms with Crippen LogP contribution in [0.4, 0.5) is 11.4 Å². The largest absolute Gasteiger partial charge is 0.496 e. The zero-order valence-corrected chi connectivity index (χ0v) is 34.5. The van der Waals surface area contributed by atoms with Crippen LogP contribution in [0.25, 0.3) is 11.1 Å². The van der Waals surface area contributed by atoms with E-state index in [4.69, 9.17) is 15.3 Å². The molecule has 12 nitrogen and oxygen atoms in total. The molecule has 1 saturated heterocycles. The molecular weight excluding hydrogens is 709 g/mol. The third-order valence-corrected chi connectivity index (χ3v) is 12.9. The van der Waals surface area contributed by atoms with Crippen LogP contribution in [0.3, 0.4) is 0 Å². The summed E-state index contributed by atoms with van der Waals surface area (Å²) in [7, 11) is 9.39. The number of hydrogen-bond acceptors (Lipinski definition) is 10. The predicted molar refractivity (Wildman–Crippen MR) is 220 cm³/mol. The Morgan fingerprint density at radius 3 is 2.41 bits per heavy atom. The Morgan fingerprint density at radius 2 is 1.80 bits per heavy atom. The molecule has 1 aliphatic heterocycles. The van der Waals surface area contributed by atoms with Crippen LogP contribution in [0, 0.1) is 29.1 Å². The fourth-order valence-corrected chi connectivity index (χ4v) is 9.60. The first kappa shape index (κ1) is 41.4. The molecule has 9 atom stereocenters. The molecule has 304 valence electrons. The zero-order chi connectivity index (χ0) is 40.6. The Bertz CT molecular complexity index is 1880. The standard InChI is InChI=1S/C44H62N6O6/c1-25-35-20-31(44(35,3)4)21-36(25)46-43(54)40-39(26(2)52)38(24-51)56-50(40)22-28-13-11-15-34(41(28)55-9)29-16-30(19-33(18-29)49(7)8)42(53)47-37(23-48(5)6)27-12-10-14-32(45)17-27/h10-19,25-26,31,35-40,51-52H,20-24,45H2,1-9H3,(H,46,54)(H,47,53)/t25-,26-,31+,35-,36-,37?,38-,39+,40-/m0/s1. The van der Waals surface area contributed by atoms with Crippen LogP contribution in [-0.4, -0.2) is 105 Å². The number of hydroxylamine groups is 2. The number of aliphatic hydroxyl groups excluding tert-OH is 2. The Kier molecular flexibility index (Phi) is 12.4. The van der Waals surface area contributed by atoms with Gasteiger partial charge in [-0.25, -0.2) is 0 Å². The van der Waals surface area contributed by atoms with Crippen molar-refractivity contribution in [1.29, 1.82) is 0 Å². The van der Waals surface area contributed by atoms with Gasteiger partial charge in [-0.2, -0.15) is 5.06 Å². The van der Waals surface area contributed by atoms with E-state index in [1.54, 1.807) is 19.1 Å². The SMILES string of the molecule is COc1c(CN2O[C@@H](CO)[C@@H]([C@H](C)O)[C@H]2C(=O)N[C@H]2C[C@H]3C[C@@H]([C@@H]2C)C3(C)C)cccc1-c1cc(C(=O)NC(CN(C)C)c2cccc(N)c2)cc(N(C)C)c1. The lowest BCUT2D eigenvalue weighted by Gasteiger charge is -2.62. The fourth-order valence-electron chi connectivity index (χ4n) is 9.60. The molecule has 3 aliphatic carbocycles. The zero-order valence-electron chi connectivity index (χ0n) is 34.5. The van der Waals surface area contributed by atoms with Gasteiger partial charge in [0, 0.05) is 60.7 Å². The van der Waals surface area contributed by atoms with E-state index in [9.17, 15) is 19.8 Å². The Morgan fingerprint density at radius 1 is 1.07 bits per heavy atom. The van der Waals surface area contributed by atoms with Crippen LogP contribution in [0.15, 0.2) is 60.7 Å². The molecule has 7 rings (SSSR count). The number of nitrogen functional groups attached to an aromatic ring is 1. The maximum atomic E-state index is 14.3. The highest BCUT2D eigenvalue weighted by Gasteiger charge is 2.57. The van der Waals surface area contributed by atoms with Gasteiger partial charge in [-0.3, -0.25) is 14.4 Å². The highest BCUT2D eigenvalue weighted by Crippen LogP contribution is 2.61. The van der Waals surface area contributed by atoms with Crippen molar-refractivity contribution >= 4 is 23.2 Å². The molecule has 4 aliphatic rings. The Hall–Kier alpha value is -4.20. The third kappa shape index (κ3) is 8.26. The molecule has 2 amide bonds. The van der Waals surface area contributed by atoms with Gasteiger partial charge >= 0.3 is 0 Å². The summed E-state index contributed by atoms with van der Waals surface area (Å²) in [5, 5.41) is 29.5. The van der Waals surface area contributed by atoms with Crippen molar-refractivity contribution < 1.29 is 29.4 Å². The maximum absolute atomic E-state index is 14.3. The molecule has 1 heterocycles. The summed E-state index contributed by atoms with van der Waals surface area (Å²) in [6, 6.07) is 18.0. The molecule has 0 radical (unpaired) electrons. The van der Waals surface area contributed by atoms with Crippen LogP contribution in [0.2, 0.25) is 0 Å². The van der Waals surface area contributed by atoms with Crippen LogP contribution >= 0.6 is 0 Å². The normalized spacial score (nSPS) is 26.6. The molecule has 3 aromatic carbocycles. The number of benzene rings is 3. The molecule has 56 heavy (non-hydrogen) atoms. The van der Waals surface area contributed by atoms with Gasteiger partial charge in [0.1, 0.15) is 17.9 Å². The predicted octanol–water partition coefficient (Wildman–Crippen LogP) is 4.70. The number of carbonyl (C=O) groups is 2. The molecule has 3 saturated carbocycles. The number of carbonyl (C=O) groups excluding carboxylic acids is 2. The van der Waals surface area contributed by atoms with E-state index in [0.717, 1.165) is 34.4 Å². The highest BCUT2D eigenvalue weighted by atomic mass is 16.7. The first-order valence-electron chi connectivity index (χ1n) is 19.9.